The molecule has 0 aliphatic rings. The van der Waals surface area contributed by atoms with Gasteiger partial charge in [-0.25, -0.2) is 17.5 Å². The zero-order valence-corrected chi connectivity index (χ0v) is 13.7. The lowest BCUT2D eigenvalue weighted by Gasteiger charge is -2.10. The first-order valence-electron chi connectivity index (χ1n) is 5.93. The molecule has 0 atom stereocenters. The third kappa shape index (κ3) is 5.10. The molecule has 0 saturated heterocycles. The molecule has 114 valence electrons. The molecule has 1 N–H and O–H groups in total. The molecule has 0 radical (unpaired) electrons. The van der Waals surface area contributed by atoms with Crippen LogP contribution in [-0.2, 0) is 19.8 Å². The van der Waals surface area contributed by atoms with Gasteiger partial charge in [0.1, 0.15) is 5.75 Å². The standard InChI is InChI=1S/C12H20N2O4S2/c1-10-9-11(18-2)5-6-12(10)20(16,17)14-8-7-13-19(3,4)15/h5-6,9,14H,7-8H2,1-4H3. The summed E-state index contributed by atoms with van der Waals surface area (Å²) in [7, 11) is -4.27. The number of sulfonamides is 1. The summed E-state index contributed by atoms with van der Waals surface area (Å²) in [4.78, 5) is 0.201. The Morgan fingerprint density at radius 2 is 1.90 bits per heavy atom. The topological polar surface area (TPSA) is 84.8 Å². The molecule has 1 aromatic carbocycles. The highest BCUT2D eigenvalue weighted by molar-refractivity contribution is 7.92. The molecule has 1 rings (SSSR count). The summed E-state index contributed by atoms with van der Waals surface area (Å²) in [5, 5.41) is 0. The fourth-order valence-corrected chi connectivity index (χ4v) is 3.35. The first-order valence-corrected chi connectivity index (χ1v) is 9.74. The van der Waals surface area contributed by atoms with Crippen molar-refractivity contribution in [3.05, 3.63) is 23.8 Å². The molecule has 0 bridgehead atoms. The largest absolute Gasteiger partial charge is 0.497 e. The molecule has 0 heterocycles. The lowest BCUT2D eigenvalue weighted by molar-refractivity contribution is 0.414. The third-order valence-corrected chi connectivity index (χ3v) is 4.90. The summed E-state index contributed by atoms with van der Waals surface area (Å²) in [5.41, 5.74) is 0.601. The average Bonchev–Trinajstić information content (AvgIpc) is 2.33. The molecule has 0 aromatic heterocycles. The molecule has 1 aromatic rings. The van der Waals surface area contributed by atoms with Gasteiger partial charge in [-0.2, -0.15) is 0 Å². The van der Waals surface area contributed by atoms with Gasteiger partial charge in [0.25, 0.3) is 0 Å². The Labute approximate surface area is 120 Å². The highest BCUT2D eigenvalue weighted by Crippen LogP contribution is 2.20. The van der Waals surface area contributed by atoms with E-state index in [-0.39, 0.29) is 18.0 Å². The number of nitrogens with zero attached hydrogens (tertiary/aromatic N) is 1. The van der Waals surface area contributed by atoms with Crippen molar-refractivity contribution in [2.24, 2.45) is 4.36 Å². The normalized spacial score (nSPS) is 12.2. The van der Waals surface area contributed by atoms with E-state index in [9.17, 15) is 12.6 Å². The summed E-state index contributed by atoms with van der Waals surface area (Å²) in [5.74, 6) is 0.605. The minimum Gasteiger partial charge on any atom is -0.497 e. The van der Waals surface area contributed by atoms with Crippen LogP contribution in [0.3, 0.4) is 0 Å². The van der Waals surface area contributed by atoms with Gasteiger partial charge < -0.3 is 4.74 Å². The first kappa shape index (κ1) is 16.9. The van der Waals surface area contributed by atoms with Gasteiger partial charge in [-0.1, -0.05) is 0 Å². The number of hydrogen-bond acceptors (Lipinski definition) is 5. The van der Waals surface area contributed by atoms with Crippen LogP contribution in [0.4, 0.5) is 0 Å². The van der Waals surface area contributed by atoms with Crippen LogP contribution < -0.4 is 9.46 Å². The van der Waals surface area contributed by atoms with Gasteiger partial charge in [-0.15, -0.1) is 0 Å². The van der Waals surface area contributed by atoms with Crippen LogP contribution in [0.25, 0.3) is 0 Å². The van der Waals surface area contributed by atoms with Gasteiger partial charge in [0, 0.05) is 28.8 Å². The van der Waals surface area contributed by atoms with Crippen LogP contribution in [-0.4, -0.2) is 45.3 Å². The van der Waals surface area contributed by atoms with Crippen LogP contribution in [0.1, 0.15) is 5.56 Å². The molecular weight excluding hydrogens is 300 g/mol. The second-order valence-corrected chi connectivity index (χ2v) is 8.92. The Kier molecular flexibility index (Phi) is 5.55. The van der Waals surface area contributed by atoms with Gasteiger partial charge in [0.15, 0.2) is 0 Å². The van der Waals surface area contributed by atoms with Crippen LogP contribution in [0, 0.1) is 6.92 Å². The molecule has 0 aliphatic heterocycles. The lowest BCUT2D eigenvalue weighted by Crippen LogP contribution is -2.27. The molecule has 0 fully saturated rings. The van der Waals surface area contributed by atoms with Crippen molar-refractivity contribution >= 4 is 19.8 Å². The van der Waals surface area contributed by atoms with Crippen molar-refractivity contribution < 1.29 is 17.4 Å². The SMILES string of the molecule is COc1ccc(S(=O)(=O)NCCN=S(C)(C)=O)c(C)c1. The number of aryl methyl sites for hydroxylation is 1. The Morgan fingerprint density at radius 3 is 2.40 bits per heavy atom. The molecule has 6 nitrogen and oxygen atoms in total. The minimum absolute atomic E-state index is 0.118. The smallest absolute Gasteiger partial charge is 0.240 e. The van der Waals surface area contributed by atoms with Gasteiger partial charge in [0.2, 0.25) is 10.0 Å². The van der Waals surface area contributed by atoms with Crippen LogP contribution in [0.2, 0.25) is 0 Å². The predicted octanol–water partition coefficient (Wildman–Crippen LogP) is 1.01. The highest BCUT2D eigenvalue weighted by atomic mass is 32.2. The van der Waals surface area contributed by atoms with Crippen molar-refractivity contribution in [1.82, 2.24) is 4.72 Å². The second kappa shape index (κ2) is 6.55. The Balaban J connectivity index is 2.82. The Bertz CT molecular complexity index is 681. The van der Waals surface area contributed by atoms with Crippen molar-refractivity contribution in [1.29, 1.82) is 0 Å². The van der Waals surface area contributed by atoms with Crippen molar-refractivity contribution in [3.63, 3.8) is 0 Å². The number of ether oxygens (including phenoxy) is 1. The van der Waals surface area contributed by atoms with E-state index in [4.69, 9.17) is 4.74 Å². The van der Waals surface area contributed by atoms with E-state index in [0.29, 0.717) is 11.3 Å². The monoisotopic (exact) mass is 320 g/mol. The number of nitrogens with one attached hydrogen (secondary N) is 1. The van der Waals surface area contributed by atoms with Gasteiger partial charge in [-0.3, -0.25) is 4.21 Å². The summed E-state index contributed by atoms with van der Waals surface area (Å²) >= 11 is 0. The van der Waals surface area contributed by atoms with E-state index in [1.807, 2.05) is 0 Å². The number of benzene rings is 1. The molecular formula is C12H20N2O4S2. The van der Waals surface area contributed by atoms with E-state index >= 15 is 0 Å². The quantitative estimate of drug-likeness (QED) is 0.793. The second-order valence-electron chi connectivity index (χ2n) is 4.56. The zero-order valence-electron chi connectivity index (χ0n) is 12.0. The van der Waals surface area contributed by atoms with E-state index in [1.165, 1.54) is 25.7 Å². The van der Waals surface area contributed by atoms with Crippen molar-refractivity contribution in [2.45, 2.75) is 11.8 Å². The third-order valence-electron chi connectivity index (χ3n) is 2.48. The molecule has 0 unspecified atom stereocenters. The van der Waals surface area contributed by atoms with E-state index in [0.717, 1.165) is 0 Å². The fraction of sp³-hybridized carbons (Fsp3) is 0.500. The number of methoxy groups -OCH3 is 1. The minimum atomic E-state index is -3.59. The van der Waals surface area contributed by atoms with Crippen LogP contribution in [0.5, 0.6) is 5.75 Å². The number of rotatable bonds is 6. The van der Waals surface area contributed by atoms with Crippen LogP contribution >= 0.6 is 0 Å². The maximum atomic E-state index is 12.1. The van der Waals surface area contributed by atoms with E-state index in [1.54, 1.807) is 19.1 Å². The summed E-state index contributed by atoms with van der Waals surface area (Å²) in [6.45, 7) is 2.00. The molecule has 0 aliphatic carbocycles. The fourth-order valence-electron chi connectivity index (χ4n) is 1.57. The maximum absolute atomic E-state index is 12.1. The Morgan fingerprint density at radius 1 is 1.25 bits per heavy atom. The lowest BCUT2D eigenvalue weighted by atomic mass is 10.2. The highest BCUT2D eigenvalue weighted by Gasteiger charge is 2.16. The molecule has 0 saturated carbocycles. The first-order chi connectivity index (χ1) is 9.15. The number of hydrogen-bond donors (Lipinski definition) is 1. The van der Waals surface area contributed by atoms with Gasteiger partial charge in [0.05, 0.1) is 18.6 Å². The summed E-state index contributed by atoms with van der Waals surface area (Å²) in [6, 6.07) is 4.75. The molecule has 8 heteroatoms. The van der Waals surface area contributed by atoms with Gasteiger partial charge in [-0.05, 0) is 30.7 Å². The van der Waals surface area contributed by atoms with Gasteiger partial charge >= 0.3 is 0 Å². The molecule has 20 heavy (non-hydrogen) atoms. The molecule has 0 spiro atoms. The summed E-state index contributed by atoms with van der Waals surface area (Å²) in [6.07, 6.45) is 3.02. The Hall–Kier alpha value is -1.12. The summed E-state index contributed by atoms with van der Waals surface area (Å²) < 4.78 is 46.9. The predicted molar refractivity (Wildman–Crippen MR) is 80.2 cm³/mol. The van der Waals surface area contributed by atoms with E-state index < -0.39 is 19.8 Å². The van der Waals surface area contributed by atoms with Crippen molar-refractivity contribution in [3.8, 4) is 5.75 Å². The van der Waals surface area contributed by atoms with Crippen molar-refractivity contribution in [2.75, 3.05) is 32.7 Å². The zero-order chi connectivity index (χ0) is 15.4. The molecule has 0 amide bonds. The average molecular weight is 320 g/mol. The van der Waals surface area contributed by atoms with Crippen LogP contribution in [0.15, 0.2) is 27.5 Å². The maximum Gasteiger partial charge on any atom is 0.240 e. The van der Waals surface area contributed by atoms with E-state index in [2.05, 4.69) is 9.08 Å².